The monoisotopic (exact) mass is 767 g/mol. The van der Waals surface area contributed by atoms with Crippen molar-refractivity contribution in [2.24, 2.45) is 0 Å². The van der Waals surface area contributed by atoms with E-state index >= 15 is 0 Å². The summed E-state index contributed by atoms with van der Waals surface area (Å²) in [4.78, 5) is 27.0. The van der Waals surface area contributed by atoms with Crippen molar-refractivity contribution >= 4 is 27.7 Å². The number of halogens is 3. The SMILES string of the molecule is O=C(Cn1nc(NS(=O)(=O)c2ccc(C(F)(F)F)cc2)cc1C(=O)N[C@H]1CCCC[C@@H]1OCc1ccccc1)N[C@H]1CCCC[C@@H]1OCc1ccccc1. The van der Waals surface area contributed by atoms with Gasteiger partial charge < -0.3 is 20.1 Å². The standard InChI is InChI=1S/C39H44F3N5O6S/c40-39(41,42)29-19-21-30(22-20-29)54(50,51)46-36-23-33(38(49)44-32-16-8-10-18-35(32)53-26-28-13-5-2-6-14-28)47(45-36)24-37(48)43-31-15-7-9-17-34(31)52-25-27-11-3-1-4-12-27/h1-6,11-14,19-23,31-32,34-35H,7-10,15-18,24-26H2,(H,43,48)(H,44,49)(H,45,46)/t31-,32-,34-,35-/m0/s1. The molecule has 0 aliphatic heterocycles. The average molecular weight is 768 g/mol. The van der Waals surface area contributed by atoms with Gasteiger partial charge in [-0.2, -0.15) is 18.3 Å². The van der Waals surface area contributed by atoms with Gasteiger partial charge in [0.25, 0.3) is 15.9 Å². The maximum atomic E-state index is 13.9. The molecule has 15 heteroatoms. The van der Waals surface area contributed by atoms with E-state index in [0.717, 1.165) is 66.5 Å². The van der Waals surface area contributed by atoms with E-state index in [1.54, 1.807) is 0 Å². The highest BCUT2D eigenvalue weighted by molar-refractivity contribution is 7.92. The van der Waals surface area contributed by atoms with Gasteiger partial charge in [-0.15, -0.1) is 0 Å². The molecule has 11 nitrogen and oxygen atoms in total. The maximum Gasteiger partial charge on any atom is 0.416 e. The van der Waals surface area contributed by atoms with Crippen LogP contribution in [-0.2, 0) is 50.2 Å². The van der Waals surface area contributed by atoms with Gasteiger partial charge in [-0.1, -0.05) is 86.3 Å². The first-order chi connectivity index (χ1) is 25.9. The van der Waals surface area contributed by atoms with Gasteiger partial charge in [-0.3, -0.25) is 14.3 Å². The van der Waals surface area contributed by atoms with Gasteiger partial charge in [0.05, 0.1) is 48.0 Å². The Hall–Kier alpha value is -4.73. The molecular weight excluding hydrogens is 724 g/mol. The van der Waals surface area contributed by atoms with Crippen LogP contribution in [0.1, 0.15) is 78.5 Å². The van der Waals surface area contributed by atoms with E-state index < -0.39 is 45.0 Å². The summed E-state index contributed by atoms with van der Waals surface area (Å²) in [7, 11) is -4.42. The van der Waals surface area contributed by atoms with Crippen molar-refractivity contribution in [1.82, 2.24) is 20.4 Å². The molecule has 0 saturated heterocycles. The summed E-state index contributed by atoms with van der Waals surface area (Å²) in [6.45, 7) is 0.343. The van der Waals surface area contributed by atoms with Crippen LogP contribution >= 0.6 is 0 Å². The fourth-order valence-electron chi connectivity index (χ4n) is 6.90. The lowest BCUT2D eigenvalue weighted by Crippen LogP contribution is -2.48. The zero-order valence-electron chi connectivity index (χ0n) is 29.6. The van der Waals surface area contributed by atoms with Gasteiger partial charge in [-0.05, 0) is 61.1 Å². The molecule has 4 atom stereocenters. The molecule has 3 N–H and O–H groups in total. The minimum atomic E-state index is -4.65. The van der Waals surface area contributed by atoms with Gasteiger partial charge in [0.15, 0.2) is 5.82 Å². The lowest BCUT2D eigenvalue weighted by Gasteiger charge is -2.32. The van der Waals surface area contributed by atoms with Crippen LogP contribution < -0.4 is 15.4 Å². The predicted octanol–water partition coefficient (Wildman–Crippen LogP) is 6.60. The number of ether oxygens (including phenoxy) is 2. The van der Waals surface area contributed by atoms with Crippen LogP contribution in [0.4, 0.5) is 19.0 Å². The van der Waals surface area contributed by atoms with E-state index in [-0.39, 0.29) is 35.8 Å². The second-order valence-corrected chi connectivity index (χ2v) is 15.4. The summed E-state index contributed by atoms with van der Waals surface area (Å²) in [6, 6.07) is 23.0. The van der Waals surface area contributed by atoms with Crippen LogP contribution in [0.3, 0.4) is 0 Å². The number of hydrogen-bond donors (Lipinski definition) is 3. The Balaban J connectivity index is 1.19. The molecule has 2 aliphatic rings. The van der Waals surface area contributed by atoms with Crippen LogP contribution in [-0.4, -0.2) is 54.3 Å². The van der Waals surface area contributed by atoms with Crippen molar-refractivity contribution in [2.45, 2.75) is 106 Å². The molecule has 3 aromatic carbocycles. The quantitative estimate of drug-likeness (QED) is 0.131. The lowest BCUT2D eigenvalue weighted by molar-refractivity contribution is -0.137. The smallest absolute Gasteiger partial charge is 0.371 e. The van der Waals surface area contributed by atoms with Crippen molar-refractivity contribution in [1.29, 1.82) is 0 Å². The normalized spacial score (nSPS) is 20.6. The Morgan fingerprint density at radius 1 is 0.741 bits per heavy atom. The molecule has 288 valence electrons. The number of rotatable bonds is 14. The zero-order chi connectivity index (χ0) is 38.1. The summed E-state index contributed by atoms with van der Waals surface area (Å²) in [5.41, 5.74) is 0.920. The number of alkyl halides is 3. The van der Waals surface area contributed by atoms with Crippen LogP contribution in [0.2, 0.25) is 0 Å². The summed E-state index contributed by atoms with van der Waals surface area (Å²) >= 11 is 0. The third kappa shape index (κ3) is 10.5. The van der Waals surface area contributed by atoms with Crippen molar-refractivity contribution in [3.63, 3.8) is 0 Å². The minimum Gasteiger partial charge on any atom is -0.371 e. The first-order valence-corrected chi connectivity index (χ1v) is 19.6. The number of hydrogen-bond acceptors (Lipinski definition) is 7. The molecule has 1 heterocycles. The number of nitrogens with zero attached hydrogens (tertiary/aromatic N) is 2. The van der Waals surface area contributed by atoms with E-state index in [9.17, 15) is 31.2 Å². The summed E-state index contributed by atoms with van der Waals surface area (Å²) in [6.07, 6.45) is 1.33. The number of benzene rings is 3. The first kappa shape index (κ1) is 39.0. The molecule has 2 saturated carbocycles. The fourth-order valence-corrected chi connectivity index (χ4v) is 7.89. The molecule has 0 spiro atoms. The van der Waals surface area contributed by atoms with E-state index in [0.29, 0.717) is 38.2 Å². The number of sulfonamides is 1. The Bertz CT molecular complexity index is 1960. The van der Waals surface area contributed by atoms with E-state index in [1.807, 2.05) is 60.7 Å². The third-order valence-electron chi connectivity index (χ3n) is 9.72. The number of carbonyl (C=O) groups is 2. The van der Waals surface area contributed by atoms with Gasteiger partial charge in [0.2, 0.25) is 5.91 Å². The van der Waals surface area contributed by atoms with Gasteiger partial charge in [-0.25, -0.2) is 13.1 Å². The molecule has 0 radical (unpaired) electrons. The van der Waals surface area contributed by atoms with Crippen molar-refractivity contribution in [2.75, 3.05) is 4.72 Å². The second-order valence-electron chi connectivity index (χ2n) is 13.7. The summed E-state index contributed by atoms with van der Waals surface area (Å²) in [5, 5.41) is 10.3. The topological polar surface area (TPSA) is 141 Å². The van der Waals surface area contributed by atoms with Crippen LogP contribution in [0.25, 0.3) is 0 Å². The van der Waals surface area contributed by atoms with Crippen LogP contribution in [0.15, 0.2) is 95.9 Å². The number of carbonyl (C=O) groups excluding carboxylic acids is 2. The van der Waals surface area contributed by atoms with E-state index in [4.69, 9.17) is 9.47 Å². The molecule has 6 rings (SSSR count). The Morgan fingerprint density at radius 2 is 1.26 bits per heavy atom. The maximum absolute atomic E-state index is 13.9. The van der Waals surface area contributed by atoms with Crippen molar-refractivity contribution in [3.05, 3.63) is 113 Å². The van der Waals surface area contributed by atoms with Crippen LogP contribution in [0.5, 0.6) is 0 Å². The summed E-state index contributed by atoms with van der Waals surface area (Å²) < 4.78 is 81.6. The fraction of sp³-hybridized carbons (Fsp3) is 0.410. The molecule has 2 aliphatic carbocycles. The predicted molar refractivity (Wildman–Crippen MR) is 195 cm³/mol. The molecule has 1 aromatic heterocycles. The molecule has 4 aromatic rings. The second kappa shape index (κ2) is 17.6. The average Bonchev–Trinajstić information content (AvgIpc) is 3.55. The number of amides is 2. The minimum absolute atomic E-state index is 0.0804. The third-order valence-corrected chi connectivity index (χ3v) is 11.1. The number of nitrogens with one attached hydrogen (secondary N) is 3. The lowest BCUT2D eigenvalue weighted by atomic mass is 9.92. The first-order valence-electron chi connectivity index (χ1n) is 18.1. The highest BCUT2D eigenvalue weighted by Crippen LogP contribution is 2.30. The van der Waals surface area contributed by atoms with Crippen molar-refractivity contribution in [3.8, 4) is 0 Å². The molecule has 54 heavy (non-hydrogen) atoms. The molecule has 0 unspecified atom stereocenters. The number of anilines is 1. The highest BCUT2D eigenvalue weighted by atomic mass is 32.2. The van der Waals surface area contributed by atoms with Crippen LogP contribution in [0, 0.1) is 0 Å². The van der Waals surface area contributed by atoms with Gasteiger partial charge in [0.1, 0.15) is 12.2 Å². The van der Waals surface area contributed by atoms with Gasteiger partial charge >= 0.3 is 6.18 Å². The molecule has 2 amide bonds. The summed E-state index contributed by atoms with van der Waals surface area (Å²) in [5.74, 6) is -1.32. The highest BCUT2D eigenvalue weighted by Gasteiger charge is 2.33. The van der Waals surface area contributed by atoms with E-state index in [2.05, 4.69) is 20.5 Å². The molecule has 0 bridgehead atoms. The Kier molecular flexibility index (Phi) is 12.7. The molecular formula is C39H44F3N5O6S. The van der Waals surface area contributed by atoms with Crippen molar-refractivity contribution < 1.29 is 40.7 Å². The zero-order valence-corrected chi connectivity index (χ0v) is 30.5. The van der Waals surface area contributed by atoms with E-state index in [1.165, 1.54) is 6.07 Å². The molecule has 2 fully saturated rings. The Labute approximate surface area is 312 Å². The largest absolute Gasteiger partial charge is 0.416 e. The Morgan fingerprint density at radius 3 is 1.80 bits per heavy atom. The van der Waals surface area contributed by atoms with Gasteiger partial charge in [0, 0.05) is 6.07 Å². The number of aromatic nitrogens is 2.